The fourth-order valence-electron chi connectivity index (χ4n) is 5.99. The average Bonchev–Trinajstić information content (AvgIpc) is 2.97. The van der Waals surface area contributed by atoms with E-state index in [9.17, 15) is 4.39 Å². The number of rotatable bonds is 12. The monoisotopic (exact) mass is 610 g/mol. The molecule has 3 aliphatic heterocycles. The Morgan fingerprint density at radius 3 is 2.27 bits per heavy atom. The molecular formula is C32H53Cl2FN6. The molecule has 0 aromatic heterocycles. The minimum absolute atomic E-state index is 0.156. The zero-order valence-corrected chi connectivity index (χ0v) is 27.7. The van der Waals surface area contributed by atoms with Crippen LogP contribution >= 0.6 is 23.2 Å². The molecule has 41 heavy (non-hydrogen) atoms. The van der Waals surface area contributed by atoms with Crippen LogP contribution in [0.5, 0.6) is 0 Å². The van der Waals surface area contributed by atoms with Crippen molar-refractivity contribution in [3.63, 3.8) is 0 Å². The lowest BCUT2D eigenvalue weighted by molar-refractivity contribution is 0.00768. The third-order valence-electron chi connectivity index (χ3n) is 8.98. The van der Waals surface area contributed by atoms with Crippen LogP contribution in [-0.2, 0) is 0 Å². The van der Waals surface area contributed by atoms with Crippen LogP contribution in [0, 0.1) is 0 Å². The zero-order valence-electron chi connectivity index (χ0n) is 26.2. The Morgan fingerprint density at radius 2 is 1.71 bits per heavy atom. The van der Waals surface area contributed by atoms with Crippen molar-refractivity contribution in [3.05, 3.63) is 45.4 Å². The summed E-state index contributed by atoms with van der Waals surface area (Å²) in [4.78, 5) is 14.5. The molecule has 2 atom stereocenters. The predicted octanol–water partition coefficient (Wildman–Crippen LogP) is 6.36. The Labute approximate surface area is 259 Å². The molecule has 0 saturated carbocycles. The molecule has 9 heteroatoms. The summed E-state index contributed by atoms with van der Waals surface area (Å²) in [6, 6.07) is 1.26. The van der Waals surface area contributed by atoms with E-state index in [0.29, 0.717) is 30.1 Å². The van der Waals surface area contributed by atoms with E-state index in [4.69, 9.17) is 23.2 Å². The van der Waals surface area contributed by atoms with Crippen molar-refractivity contribution in [3.8, 4) is 0 Å². The number of aliphatic imine (C=N–C) groups is 1. The van der Waals surface area contributed by atoms with Crippen molar-refractivity contribution in [1.82, 2.24) is 24.9 Å². The maximum atomic E-state index is 14.5. The van der Waals surface area contributed by atoms with Gasteiger partial charge in [-0.3, -0.25) is 24.6 Å². The fourth-order valence-corrected chi connectivity index (χ4v) is 6.34. The van der Waals surface area contributed by atoms with Crippen LogP contribution < -0.4 is 5.32 Å². The Bertz CT molecular complexity index is 994. The summed E-state index contributed by atoms with van der Waals surface area (Å²) in [6.07, 6.45) is 10.9. The molecule has 3 saturated heterocycles. The van der Waals surface area contributed by atoms with E-state index in [-0.39, 0.29) is 11.9 Å². The number of nitrogens with one attached hydrogen (secondary N) is 1. The maximum absolute atomic E-state index is 14.5. The molecule has 0 aromatic rings. The largest absolute Gasteiger partial charge is 0.343 e. The van der Waals surface area contributed by atoms with E-state index < -0.39 is 0 Å². The van der Waals surface area contributed by atoms with E-state index in [1.54, 1.807) is 0 Å². The van der Waals surface area contributed by atoms with Gasteiger partial charge in [-0.05, 0) is 96.8 Å². The molecule has 1 N–H and O–H groups in total. The van der Waals surface area contributed by atoms with Crippen molar-refractivity contribution in [1.29, 1.82) is 0 Å². The van der Waals surface area contributed by atoms with Crippen LogP contribution in [0.25, 0.3) is 0 Å². The summed E-state index contributed by atoms with van der Waals surface area (Å²) in [5.74, 6) is 0.789. The average molecular weight is 612 g/mol. The van der Waals surface area contributed by atoms with Crippen molar-refractivity contribution in [2.45, 2.75) is 84.8 Å². The van der Waals surface area contributed by atoms with Gasteiger partial charge in [0.15, 0.2) is 0 Å². The molecule has 0 spiro atoms. The highest BCUT2D eigenvalue weighted by Crippen LogP contribution is 2.27. The summed E-state index contributed by atoms with van der Waals surface area (Å²) in [5.41, 5.74) is 1.76. The summed E-state index contributed by atoms with van der Waals surface area (Å²) in [5, 5.41) is 4.91. The van der Waals surface area contributed by atoms with Crippen LogP contribution in [0.2, 0.25) is 0 Å². The number of likely N-dealkylation sites (tertiary alicyclic amines) is 2. The number of allylic oxidation sites excluding steroid dienone is 5. The number of hydrogen-bond acceptors (Lipinski definition) is 5. The molecule has 232 valence electrons. The smallest absolute Gasteiger partial charge is 0.124 e. The molecule has 6 nitrogen and oxygen atoms in total. The molecule has 0 radical (unpaired) electrons. The standard InChI is InChI=1S/C32H53Cl2FN6/c1-7-26(33)19-31(35)24(4)21-39-15-11-29(12-16-39)41-18-17-40(22-28(41)9-3)25(5)30(34)20-27(8-2)37-32(36-6)23-38-13-10-14-38/h8,19-20,25,28-29H,7,9-18,21-23H2,1-6H3,(H,36,37)/b26-19+,27-8+,30-20+,31-24-. The number of halogens is 3. The van der Waals surface area contributed by atoms with E-state index in [0.717, 1.165) is 93.8 Å². The second kappa shape index (κ2) is 17.2. The van der Waals surface area contributed by atoms with E-state index in [1.807, 2.05) is 27.8 Å². The lowest BCUT2D eigenvalue weighted by Gasteiger charge is -2.48. The summed E-state index contributed by atoms with van der Waals surface area (Å²) >= 11 is 13.0. The molecule has 0 aromatic carbocycles. The number of hydrogen-bond donors (Lipinski definition) is 1. The van der Waals surface area contributed by atoms with Crippen LogP contribution in [-0.4, -0.2) is 110 Å². The first-order chi connectivity index (χ1) is 19.7. The van der Waals surface area contributed by atoms with Gasteiger partial charge in [-0.25, -0.2) is 4.39 Å². The Hall–Kier alpha value is -1.22. The Kier molecular flexibility index (Phi) is 14.4. The highest BCUT2D eigenvalue weighted by molar-refractivity contribution is 6.30. The quantitative estimate of drug-likeness (QED) is 0.158. The van der Waals surface area contributed by atoms with Gasteiger partial charge in [-0.2, -0.15) is 0 Å². The lowest BCUT2D eigenvalue weighted by atomic mass is 9.97. The molecule has 2 unspecified atom stereocenters. The van der Waals surface area contributed by atoms with Crippen LogP contribution in [0.4, 0.5) is 4.39 Å². The molecule has 0 bridgehead atoms. The van der Waals surface area contributed by atoms with Gasteiger partial charge in [0.2, 0.25) is 0 Å². The van der Waals surface area contributed by atoms with Gasteiger partial charge in [0.25, 0.3) is 0 Å². The van der Waals surface area contributed by atoms with Gasteiger partial charge >= 0.3 is 0 Å². The highest BCUT2D eigenvalue weighted by atomic mass is 35.5. The minimum Gasteiger partial charge on any atom is -0.343 e. The SMILES string of the molecule is C/C=C(\C=C(\Cl)C(C)N1CCN(C2CCN(C/C(C)=C(F)/C=C(/Cl)CC)CC2)C(CC)C1)NC(CN1CCC1)=NC. The topological polar surface area (TPSA) is 37.4 Å². The van der Waals surface area contributed by atoms with Crippen molar-refractivity contribution >= 4 is 29.0 Å². The van der Waals surface area contributed by atoms with E-state index in [1.165, 1.54) is 12.5 Å². The first-order valence-corrected chi connectivity index (χ1v) is 16.4. The summed E-state index contributed by atoms with van der Waals surface area (Å²) in [7, 11) is 1.85. The van der Waals surface area contributed by atoms with E-state index in [2.05, 4.69) is 55.9 Å². The second-order valence-electron chi connectivity index (χ2n) is 11.7. The Morgan fingerprint density at radius 1 is 1.02 bits per heavy atom. The summed E-state index contributed by atoms with van der Waals surface area (Å²) in [6.45, 7) is 19.3. The first-order valence-electron chi connectivity index (χ1n) is 15.6. The number of nitrogens with zero attached hydrogens (tertiary/aromatic N) is 5. The molecule has 3 rings (SSSR count). The predicted molar refractivity (Wildman–Crippen MR) is 175 cm³/mol. The number of amidine groups is 1. The fraction of sp³-hybridized carbons (Fsp3) is 0.719. The van der Waals surface area contributed by atoms with Gasteiger partial charge in [0, 0.05) is 67.1 Å². The first kappa shape index (κ1) is 34.3. The number of piperazine rings is 1. The minimum atomic E-state index is -0.189. The highest BCUT2D eigenvalue weighted by Gasteiger charge is 2.34. The molecule has 0 aliphatic carbocycles. The van der Waals surface area contributed by atoms with Crippen LogP contribution in [0.3, 0.4) is 0 Å². The van der Waals surface area contributed by atoms with Gasteiger partial charge < -0.3 is 5.32 Å². The molecule has 0 amide bonds. The van der Waals surface area contributed by atoms with E-state index >= 15 is 0 Å². The maximum Gasteiger partial charge on any atom is 0.124 e. The van der Waals surface area contributed by atoms with Crippen LogP contribution in [0.1, 0.15) is 66.7 Å². The van der Waals surface area contributed by atoms with Crippen molar-refractivity contribution in [2.75, 3.05) is 66.0 Å². The third-order valence-corrected chi connectivity index (χ3v) is 9.78. The van der Waals surface area contributed by atoms with Crippen molar-refractivity contribution < 1.29 is 4.39 Å². The lowest BCUT2D eigenvalue weighted by Crippen LogP contribution is -2.59. The number of piperidine rings is 1. The van der Waals surface area contributed by atoms with Gasteiger partial charge in [0.1, 0.15) is 11.7 Å². The molecule has 3 aliphatic rings. The van der Waals surface area contributed by atoms with Gasteiger partial charge in [0.05, 0.1) is 6.54 Å². The van der Waals surface area contributed by atoms with Crippen molar-refractivity contribution in [2.24, 2.45) is 4.99 Å². The normalized spacial score (nSPS) is 25.2. The summed E-state index contributed by atoms with van der Waals surface area (Å²) < 4.78 is 14.5. The Balaban J connectivity index is 1.52. The zero-order chi connectivity index (χ0) is 29.9. The van der Waals surface area contributed by atoms with Crippen LogP contribution in [0.15, 0.2) is 50.4 Å². The second-order valence-corrected chi connectivity index (χ2v) is 12.7. The molecular weight excluding hydrogens is 558 g/mol. The molecule has 3 fully saturated rings. The molecule has 3 heterocycles. The van der Waals surface area contributed by atoms with Gasteiger partial charge in [-0.15, -0.1) is 0 Å². The van der Waals surface area contributed by atoms with Gasteiger partial charge in [-0.1, -0.05) is 43.1 Å². The third kappa shape index (κ3) is 10.2.